The molecule has 0 bridgehead atoms. The number of thiophene rings is 2. The summed E-state index contributed by atoms with van der Waals surface area (Å²) in [6.07, 6.45) is 0.682. The molecule has 1 amide bonds. The summed E-state index contributed by atoms with van der Waals surface area (Å²) in [5.41, 5.74) is 1.32. The van der Waals surface area contributed by atoms with Gasteiger partial charge in [0.25, 0.3) is 5.91 Å². The second-order valence-electron chi connectivity index (χ2n) is 5.89. The fourth-order valence-corrected chi connectivity index (χ4v) is 4.46. The van der Waals surface area contributed by atoms with Crippen LogP contribution in [0.1, 0.15) is 27.8 Å². The van der Waals surface area contributed by atoms with Crippen LogP contribution in [0.15, 0.2) is 64.4 Å². The lowest BCUT2D eigenvalue weighted by atomic mass is 10.1. The Labute approximate surface area is 164 Å². The summed E-state index contributed by atoms with van der Waals surface area (Å²) in [4.78, 5) is 15.0. The lowest BCUT2D eigenvalue weighted by molar-refractivity contribution is -0.135. The highest BCUT2D eigenvalue weighted by atomic mass is 32.1. The maximum atomic E-state index is 12.9. The van der Waals surface area contributed by atoms with E-state index in [4.69, 9.17) is 10.00 Å². The summed E-state index contributed by atoms with van der Waals surface area (Å²) in [7, 11) is 0. The number of hydrogen-bond donors (Lipinski definition) is 0. The van der Waals surface area contributed by atoms with Crippen molar-refractivity contribution in [2.24, 2.45) is 5.10 Å². The molecule has 0 aliphatic carbocycles. The van der Waals surface area contributed by atoms with Crippen LogP contribution in [0.4, 0.5) is 0 Å². The summed E-state index contributed by atoms with van der Waals surface area (Å²) in [5, 5.41) is 19.3. The third-order valence-corrected chi connectivity index (χ3v) is 6.09. The van der Waals surface area contributed by atoms with Gasteiger partial charge in [0.15, 0.2) is 6.61 Å². The van der Waals surface area contributed by atoms with Crippen LogP contribution in [-0.2, 0) is 4.79 Å². The molecule has 0 N–H and O–H groups in total. The van der Waals surface area contributed by atoms with Crippen LogP contribution in [0.3, 0.4) is 0 Å². The number of ether oxygens (including phenoxy) is 1. The quantitative estimate of drug-likeness (QED) is 0.644. The lowest BCUT2D eigenvalue weighted by Gasteiger charge is -2.20. The number of para-hydroxylation sites is 1. The van der Waals surface area contributed by atoms with Gasteiger partial charge >= 0.3 is 0 Å². The Morgan fingerprint density at radius 1 is 1.19 bits per heavy atom. The third kappa shape index (κ3) is 3.63. The maximum absolute atomic E-state index is 12.9. The van der Waals surface area contributed by atoms with Gasteiger partial charge in [-0.05, 0) is 35.0 Å². The van der Waals surface area contributed by atoms with Crippen LogP contribution in [0.25, 0.3) is 0 Å². The summed E-state index contributed by atoms with van der Waals surface area (Å²) in [5.74, 6) is 0.176. The minimum Gasteiger partial charge on any atom is -0.482 e. The van der Waals surface area contributed by atoms with Crippen molar-refractivity contribution >= 4 is 34.3 Å². The number of carbonyl (C=O) groups excluding carboxylic acids is 1. The van der Waals surface area contributed by atoms with E-state index in [1.807, 2.05) is 35.0 Å². The van der Waals surface area contributed by atoms with Crippen molar-refractivity contribution < 1.29 is 9.53 Å². The number of nitrogens with zero attached hydrogens (tertiary/aromatic N) is 3. The molecule has 1 atom stereocenters. The number of hydrazone groups is 1. The van der Waals surface area contributed by atoms with E-state index in [-0.39, 0.29) is 18.6 Å². The van der Waals surface area contributed by atoms with Crippen LogP contribution in [0.2, 0.25) is 0 Å². The SMILES string of the molecule is N#Cc1ccccc1OCC(=O)N1N=C(c2cccs2)C[C@@H]1c1cccs1. The highest BCUT2D eigenvalue weighted by Gasteiger charge is 2.34. The number of rotatable bonds is 5. The molecule has 0 saturated heterocycles. The highest BCUT2D eigenvalue weighted by Crippen LogP contribution is 2.36. The zero-order valence-electron chi connectivity index (χ0n) is 14.2. The van der Waals surface area contributed by atoms with Crippen molar-refractivity contribution in [3.05, 3.63) is 74.6 Å². The lowest BCUT2D eigenvalue weighted by Crippen LogP contribution is -2.31. The molecule has 1 aliphatic rings. The minimum absolute atomic E-state index is 0.121. The third-order valence-electron chi connectivity index (χ3n) is 4.20. The van der Waals surface area contributed by atoms with Crippen LogP contribution < -0.4 is 4.74 Å². The monoisotopic (exact) mass is 393 g/mol. The first-order chi connectivity index (χ1) is 13.3. The van der Waals surface area contributed by atoms with Gasteiger partial charge in [-0.2, -0.15) is 10.4 Å². The number of carbonyl (C=O) groups is 1. The topological polar surface area (TPSA) is 65.7 Å². The normalized spacial score (nSPS) is 16.0. The Morgan fingerprint density at radius 2 is 2.00 bits per heavy atom. The Bertz CT molecular complexity index is 1000. The molecule has 1 aromatic carbocycles. The molecule has 0 unspecified atom stereocenters. The van der Waals surface area contributed by atoms with Gasteiger partial charge in [-0.1, -0.05) is 24.3 Å². The predicted molar refractivity (Wildman–Crippen MR) is 106 cm³/mol. The standard InChI is InChI=1S/C20H15N3O2S2/c21-12-14-5-1-2-6-17(14)25-13-20(24)23-16(19-8-4-10-27-19)11-15(22-23)18-7-3-9-26-18/h1-10,16H,11,13H2/t16-/m1/s1. The molecule has 5 nitrogen and oxygen atoms in total. The molecule has 0 spiro atoms. The minimum atomic E-state index is -0.229. The molecule has 27 heavy (non-hydrogen) atoms. The zero-order chi connectivity index (χ0) is 18.6. The predicted octanol–water partition coefficient (Wildman–Crippen LogP) is 4.44. The van der Waals surface area contributed by atoms with Crippen LogP contribution in [-0.4, -0.2) is 23.2 Å². The molecule has 3 aromatic rings. The van der Waals surface area contributed by atoms with E-state index in [9.17, 15) is 4.79 Å². The van der Waals surface area contributed by atoms with E-state index in [1.165, 1.54) is 5.01 Å². The number of benzene rings is 1. The van der Waals surface area contributed by atoms with E-state index in [1.54, 1.807) is 46.9 Å². The molecule has 0 radical (unpaired) electrons. The molecule has 0 fully saturated rings. The van der Waals surface area contributed by atoms with Gasteiger partial charge in [-0.3, -0.25) is 4.79 Å². The number of hydrogen-bond acceptors (Lipinski definition) is 6. The summed E-state index contributed by atoms with van der Waals surface area (Å²) < 4.78 is 5.62. The van der Waals surface area contributed by atoms with Crippen molar-refractivity contribution in [2.45, 2.75) is 12.5 Å². The van der Waals surface area contributed by atoms with Gasteiger partial charge in [0, 0.05) is 11.3 Å². The second-order valence-corrected chi connectivity index (χ2v) is 7.82. The van der Waals surface area contributed by atoms with Crippen molar-refractivity contribution in [3.63, 3.8) is 0 Å². The van der Waals surface area contributed by atoms with Gasteiger partial charge in [0.2, 0.25) is 0 Å². The van der Waals surface area contributed by atoms with Crippen molar-refractivity contribution in [1.82, 2.24) is 5.01 Å². The average molecular weight is 393 g/mol. The first-order valence-electron chi connectivity index (χ1n) is 8.35. The van der Waals surface area contributed by atoms with E-state index in [0.717, 1.165) is 15.5 Å². The molecule has 0 saturated carbocycles. The molecule has 1 aliphatic heterocycles. The zero-order valence-corrected chi connectivity index (χ0v) is 15.9. The first-order valence-corrected chi connectivity index (χ1v) is 10.1. The Hall–Kier alpha value is -2.95. The number of amides is 1. The van der Waals surface area contributed by atoms with E-state index >= 15 is 0 Å². The van der Waals surface area contributed by atoms with Gasteiger partial charge in [-0.15, -0.1) is 22.7 Å². The van der Waals surface area contributed by atoms with Gasteiger partial charge in [0.1, 0.15) is 11.8 Å². The molecule has 3 heterocycles. The fraction of sp³-hybridized carbons (Fsp3) is 0.150. The smallest absolute Gasteiger partial charge is 0.281 e. The largest absolute Gasteiger partial charge is 0.482 e. The molecule has 2 aromatic heterocycles. The Balaban J connectivity index is 1.55. The molecular formula is C20H15N3O2S2. The van der Waals surface area contributed by atoms with E-state index in [2.05, 4.69) is 11.2 Å². The van der Waals surface area contributed by atoms with Crippen LogP contribution >= 0.6 is 22.7 Å². The Kier molecular flexibility index (Phi) is 5.01. The summed E-state index contributed by atoms with van der Waals surface area (Å²) in [6, 6.07) is 16.8. The van der Waals surface area contributed by atoms with Crippen molar-refractivity contribution in [3.8, 4) is 11.8 Å². The van der Waals surface area contributed by atoms with Gasteiger partial charge in [-0.25, -0.2) is 5.01 Å². The van der Waals surface area contributed by atoms with E-state index < -0.39 is 0 Å². The van der Waals surface area contributed by atoms with Crippen molar-refractivity contribution in [1.29, 1.82) is 5.26 Å². The first kappa shape index (κ1) is 17.5. The maximum Gasteiger partial charge on any atom is 0.281 e. The number of nitriles is 1. The van der Waals surface area contributed by atoms with E-state index in [0.29, 0.717) is 17.7 Å². The fourth-order valence-electron chi connectivity index (χ4n) is 2.92. The average Bonchev–Trinajstić information content (AvgIpc) is 3.46. The van der Waals surface area contributed by atoms with Gasteiger partial charge in [0.05, 0.1) is 22.2 Å². The summed E-state index contributed by atoms with van der Waals surface area (Å²) in [6.45, 7) is -0.165. The Morgan fingerprint density at radius 3 is 2.74 bits per heavy atom. The van der Waals surface area contributed by atoms with Crippen LogP contribution in [0.5, 0.6) is 5.75 Å². The van der Waals surface area contributed by atoms with Crippen LogP contribution in [0, 0.1) is 11.3 Å². The van der Waals surface area contributed by atoms with Gasteiger partial charge < -0.3 is 4.74 Å². The molecule has 134 valence electrons. The van der Waals surface area contributed by atoms with Crippen molar-refractivity contribution in [2.75, 3.05) is 6.61 Å². The summed E-state index contributed by atoms with van der Waals surface area (Å²) >= 11 is 3.23. The molecular weight excluding hydrogens is 378 g/mol. The molecule has 4 rings (SSSR count). The highest BCUT2D eigenvalue weighted by molar-refractivity contribution is 7.12. The second kappa shape index (κ2) is 7.74. The molecule has 7 heteroatoms.